The lowest BCUT2D eigenvalue weighted by molar-refractivity contribution is -0.870. The second kappa shape index (κ2) is 76.3. The summed E-state index contributed by atoms with van der Waals surface area (Å²) in [5, 5.41) is 0. The van der Waals surface area contributed by atoms with Gasteiger partial charge >= 0.3 is 19.8 Å². The highest BCUT2D eigenvalue weighted by Gasteiger charge is 2.27. The van der Waals surface area contributed by atoms with E-state index in [-0.39, 0.29) is 32.0 Å². The lowest BCUT2D eigenvalue weighted by Crippen LogP contribution is -2.37. The van der Waals surface area contributed by atoms with Gasteiger partial charge in [-0.15, -0.1) is 0 Å². The van der Waals surface area contributed by atoms with Crippen LogP contribution >= 0.6 is 7.82 Å². The molecule has 0 heterocycles. The first-order valence-electron chi connectivity index (χ1n) is 40.4. The minimum atomic E-state index is -4.41. The van der Waals surface area contributed by atoms with Gasteiger partial charge in [0, 0.05) is 12.8 Å². The topological polar surface area (TPSA) is 108 Å². The molecular weight excluding hydrogens is 1220 g/mol. The molecule has 0 rings (SSSR count). The molecular formula is C87H153NO8P+. The number of allylic oxidation sites excluding steroid dienone is 22. The van der Waals surface area contributed by atoms with Gasteiger partial charge in [-0.2, -0.15) is 0 Å². The number of phosphoric acid groups is 1. The molecule has 0 radical (unpaired) electrons. The van der Waals surface area contributed by atoms with Crippen LogP contribution in [0.5, 0.6) is 0 Å². The molecule has 10 heteroatoms. The van der Waals surface area contributed by atoms with Crippen molar-refractivity contribution in [3.8, 4) is 0 Å². The van der Waals surface area contributed by atoms with Crippen LogP contribution in [-0.4, -0.2) is 74.9 Å². The number of unbranched alkanes of at least 4 members (excludes halogenated alkanes) is 38. The molecule has 1 N–H and O–H groups in total. The molecule has 0 aromatic rings. The maximum Gasteiger partial charge on any atom is 0.472 e. The third kappa shape index (κ3) is 81.0. The molecule has 0 bridgehead atoms. The average molecular weight is 1370 g/mol. The van der Waals surface area contributed by atoms with Gasteiger partial charge < -0.3 is 18.9 Å². The number of nitrogens with zero attached hydrogens (tertiary/aromatic N) is 1. The molecule has 0 saturated carbocycles. The highest BCUT2D eigenvalue weighted by atomic mass is 31.2. The summed E-state index contributed by atoms with van der Waals surface area (Å²) in [5.74, 6) is -0.831. The summed E-state index contributed by atoms with van der Waals surface area (Å²) in [6.45, 7) is 4.31. The Kier molecular flexibility index (Phi) is 73.3. The predicted octanol–water partition coefficient (Wildman–Crippen LogP) is 27.1. The molecule has 0 amide bonds. The summed E-state index contributed by atoms with van der Waals surface area (Å²) in [6.07, 6.45) is 112. The number of carbonyl (C=O) groups excluding carboxylic acids is 2. The van der Waals surface area contributed by atoms with Crippen LogP contribution in [-0.2, 0) is 32.7 Å². The van der Waals surface area contributed by atoms with Gasteiger partial charge in [-0.25, -0.2) is 4.57 Å². The molecule has 0 spiro atoms. The molecule has 0 aliphatic rings. The van der Waals surface area contributed by atoms with Gasteiger partial charge in [0.25, 0.3) is 0 Å². The first kappa shape index (κ1) is 93.2. The van der Waals surface area contributed by atoms with Gasteiger partial charge in [0.1, 0.15) is 19.8 Å². The Morgan fingerprint density at radius 2 is 0.588 bits per heavy atom. The van der Waals surface area contributed by atoms with Crippen molar-refractivity contribution in [1.29, 1.82) is 0 Å². The maximum absolute atomic E-state index is 12.9. The fourth-order valence-corrected chi connectivity index (χ4v) is 12.1. The van der Waals surface area contributed by atoms with E-state index in [1.807, 2.05) is 21.1 Å². The number of carbonyl (C=O) groups is 2. The van der Waals surface area contributed by atoms with E-state index in [1.165, 1.54) is 212 Å². The van der Waals surface area contributed by atoms with E-state index in [4.69, 9.17) is 18.5 Å². The molecule has 2 atom stereocenters. The predicted molar refractivity (Wildman–Crippen MR) is 422 cm³/mol. The van der Waals surface area contributed by atoms with Gasteiger partial charge in [0.05, 0.1) is 27.7 Å². The number of phosphoric ester groups is 1. The van der Waals surface area contributed by atoms with Crippen molar-refractivity contribution < 1.29 is 42.1 Å². The molecule has 9 nitrogen and oxygen atoms in total. The third-order valence-electron chi connectivity index (χ3n) is 17.4. The minimum Gasteiger partial charge on any atom is -0.462 e. The zero-order valence-electron chi connectivity index (χ0n) is 63.8. The van der Waals surface area contributed by atoms with E-state index in [2.05, 4.69) is 148 Å². The summed E-state index contributed by atoms with van der Waals surface area (Å²) < 4.78 is 34.8. The molecule has 558 valence electrons. The second-order valence-electron chi connectivity index (χ2n) is 28.1. The molecule has 0 aromatic heterocycles. The zero-order chi connectivity index (χ0) is 70.4. The Balaban J connectivity index is 4.06. The van der Waals surface area contributed by atoms with Crippen molar-refractivity contribution >= 4 is 19.8 Å². The van der Waals surface area contributed by atoms with Crippen molar-refractivity contribution in [3.05, 3.63) is 134 Å². The van der Waals surface area contributed by atoms with Crippen LogP contribution in [0, 0.1) is 0 Å². The normalized spacial score (nSPS) is 13.8. The maximum atomic E-state index is 12.9. The van der Waals surface area contributed by atoms with Crippen LogP contribution in [0.1, 0.15) is 354 Å². The first-order valence-corrected chi connectivity index (χ1v) is 41.9. The minimum absolute atomic E-state index is 0.0196. The van der Waals surface area contributed by atoms with Crippen LogP contribution in [0.25, 0.3) is 0 Å². The number of ether oxygens (including phenoxy) is 2. The fourth-order valence-electron chi connectivity index (χ4n) is 11.3. The number of hydrogen-bond donors (Lipinski definition) is 1. The van der Waals surface area contributed by atoms with Gasteiger partial charge in [0.15, 0.2) is 6.10 Å². The summed E-state index contributed by atoms with van der Waals surface area (Å²) in [6, 6.07) is 0. The number of quaternary nitrogens is 1. The molecule has 0 aliphatic heterocycles. The van der Waals surface area contributed by atoms with E-state index in [9.17, 15) is 19.0 Å². The Morgan fingerprint density at radius 3 is 0.876 bits per heavy atom. The summed E-state index contributed by atoms with van der Waals surface area (Å²) in [4.78, 5) is 36.0. The largest absolute Gasteiger partial charge is 0.472 e. The van der Waals surface area contributed by atoms with Crippen LogP contribution in [0.15, 0.2) is 134 Å². The van der Waals surface area contributed by atoms with Crippen molar-refractivity contribution in [1.82, 2.24) is 0 Å². The van der Waals surface area contributed by atoms with E-state index in [0.717, 1.165) is 109 Å². The monoisotopic (exact) mass is 1370 g/mol. The highest BCUT2D eigenvalue weighted by molar-refractivity contribution is 7.47. The van der Waals surface area contributed by atoms with Gasteiger partial charge in [-0.3, -0.25) is 18.6 Å². The molecule has 0 aromatic carbocycles. The smallest absolute Gasteiger partial charge is 0.462 e. The van der Waals surface area contributed by atoms with Crippen molar-refractivity contribution in [2.45, 2.75) is 360 Å². The Bertz CT molecular complexity index is 2100. The van der Waals surface area contributed by atoms with Gasteiger partial charge in [-0.1, -0.05) is 379 Å². The average Bonchev–Trinajstić information content (AvgIpc) is 1.41. The molecule has 97 heavy (non-hydrogen) atoms. The van der Waals surface area contributed by atoms with Crippen LogP contribution in [0.2, 0.25) is 0 Å². The third-order valence-corrected chi connectivity index (χ3v) is 18.4. The molecule has 0 aliphatic carbocycles. The number of esters is 2. The fraction of sp³-hybridized carbons (Fsp3) is 0.724. The number of likely N-dealkylation sites (N-methyl/N-ethyl adjacent to an activating group) is 1. The quantitative estimate of drug-likeness (QED) is 0.0211. The summed E-state index contributed by atoms with van der Waals surface area (Å²) in [5.41, 5.74) is 0. The SMILES string of the molecule is CC/C=C\C/C=C\C/C=C\C/C=C\C/C=C\C/C=C\C/C=C\C/C=C\C/C=C\C/C=C\C/C=C\CCCCCC(=O)OC(COC(=O)CCCCCCCCCCCCCCCCCCCCCCCCCCCCCCCCCCCCCC)COP(=O)(O)OCC[N+](C)(C)C. The van der Waals surface area contributed by atoms with Crippen LogP contribution in [0.3, 0.4) is 0 Å². The Labute approximate surface area is 600 Å². The highest BCUT2D eigenvalue weighted by Crippen LogP contribution is 2.43. The molecule has 0 saturated heterocycles. The van der Waals surface area contributed by atoms with E-state index in [1.54, 1.807) is 0 Å². The summed E-state index contributed by atoms with van der Waals surface area (Å²) >= 11 is 0. The first-order chi connectivity index (χ1) is 47.5. The van der Waals surface area contributed by atoms with Crippen LogP contribution < -0.4 is 0 Å². The Morgan fingerprint density at radius 1 is 0.330 bits per heavy atom. The second-order valence-corrected chi connectivity index (χ2v) is 29.5. The van der Waals surface area contributed by atoms with Crippen molar-refractivity contribution in [2.75, 3.05) is 47.5 Å². The standard InChI is InChI=1S/C87H152NO8P/c1-6-8-10-12-14-16-18-20-22-24-26-28-30-32-34-36-38-40-42-44-46-48-50-52-54-56-58-60-62-64-66-68-70-72-74-76-78-80-87(90)96-85(84-95-97(91,92)94-82-81-88(3,4)5)83-93-86(89)79-77-75-73-71-69-67-65-63-61-59-57-55-53-51-49-47-45-43-41-39-37-35-33-31-29-27-25-23-21-19-17-15-13-11-9-7-2/h8,10,14,16,20,22,26,28,32,34,38,40,44,46,50,52,56,58,62,64,68,70,85H,6-7,9,11-13,15,17-19,21,23-25,27,29-31,33,35-37,39,41-43,45,47-49,51,53-55,57,59-61,63,65-67,69,71-84H2,1-5H3/p+1/b10-8-,16-14-,22-20-,28-26-,34-32-,40-38-,46-44-,52-50-,58-56-,64-62-,70-68-. The number of hydrogen-bond acceptors (Lipinski definition) is 7. The van der Waals surface area contributed by atoms with Gasteiger partial charge in [0.2, 0.25) is 0 Å². The molecule has 0 fully saturated rings. The van der Waals surface area contributed by atoms with E-state index in [0.29, 0.717) is 17.4 Å². The lowest BCUT2D eigenvalue weighted by Gasteiger charge is -2.24. The van der Waals surface area contributed by atoms with Crippen molar-refractivity contribution in [2.24, 2.45) is 0 Å². The number of rotatable bonds is 74. The van der Waals surface area contributed by atoms with Crippen LogP contribution in [0.4, 0.5) is 0 Å². The van der Waals surface area contributed by atoms with E-state index < -0.39 is 26.5 Å². The lowest BCUT2D eigenvalue weighted by atomic mass is 10.0. The summed E-state index contributed by atoms with van der Waals surface area (Å²) in [7, 11) is 1.45. The van der Waals surface area contributed by atoms with Crippen molar-refractivity contribution in [3.63, 3.8) is 0 Å². The Hall–Kier alpha value is -3.85. The van der Waals surface area contributed by atoms with E-state index >= 15 is 0 Å². The van der Waals surface area contributed by atoms with Gasteiger partial charge in [-0.05, 0) is 96.3 Å². The molecule has 2 unspecified atom stereocenters. The zero-order valence-corrected chi connectivity index (χ0v) is 64.7.